The first-order valence-electron chi connectivity index (χ1n) is 11.1. The number of aromatic nitrogens is 3. The normalized spacial score (nSPS) is 19.8. The molecule has 0 aliphatic carbocycles. The average molecular weight is 443 g/mol. The van der Waals surface area contributed by atoms with E-state index >= 15 is 0 Å². The van der Waals surface area contributed by atoms with Crippen molar-refractivity contribution >= 4 is 28.4 Å². The van der Waals surface area contributed by atoms with Crippen LogP contribution in [-0.2, 0) is 13.5 Å². The Hall–Kier alpha value is -3.18. The number of carbonyl (C=O) groups is 1. The Morgan fingerprint density at radius 3 is 2.88 bits per heavy atom. The molecule has 4 aromatic rings. The van der Waals surface area contributed by atoms with Gasteiger partial charge in [0.05, 0.1) is 22.9 Å². The van der Waals surface area contributed by atoms with Crippen LogP contribution in [0.15, 0.2) is 60.8 Å². The summed E-state index contributed by atoms with van der Waals surface area (Å²) in [6.45, 7) is 0. The Kier molecular flexibility index (Phi) is 4.54. The van der Waals surface area contributed by atoms with Crippen LogP contribution in [0.1, 0.15) is 46.9 Å². The van der Waals surface area contributed by atoms with Crippen molar-refractivity contribution in [3.05, 3.63) is 82.6 Å². The molecule has 2 aromatic carbocycles. The molecule has 1 fully saturated rings. The van der Waals surface area contributed by atoms with Gasteiger partial charge in [0.15, 0.2) is 0 Å². The third-order valence-corrected chi connectivity index (χ3v) is 7.09. The summed E-state index contributed by atoms with van der Waals surface area (Å²) in [5.74, 6) is 0.0889. The van der Waals surface area contributed by atoms with Gasteiger partial charge in [0.25, 0.3) is 5.91 Å². The number of piperidine rings is 1. The number of benzene rings is 2. The van der Waals surface area contributed by atoms with E-state index in [2.05, 4.69) is 16.0 Å². The third-order valence-electron chi connectivity index (χ3n) is 6.86. The quantitative estimate of drug-likeness (QED) is 0.407. The van der Waals surface area contributed by atoms with E-state index in [0.717, 1.165) is 64.1 Å². The number of rotatable bonds is 2. The van der Waals surface area contributed by atoms with E-state index < -0.39 is 0 Å². The molecule has 32 heavy (non-hydrogen) atoms. The number of fused-ring (bicyclic) bond motifs is 5. The molecule has 6 rings (SSSR count). The Morgan fingerprint density at radius 1 is 1.09 bits per heavy atom. The Balaban J connectivity index is 1.42. The van der Waals surface area contributed by atoms with Gasteiger partial charge in [-0.3, -0.25) is 14.5 Å². The molecule has 6 heteroatoms. The van der Waals surface area contributed by atoms with Gasteiger partial charge in [0.2, 0.25) is 0 Å². The Bertz CT molecular complexity index is 1360. The molecule has 160 valence electrons. The molecule has 0 N–H and O–H groups in total. The summed E-state index contributed by atoms with van der Waals surface area (Å²) in [5.41, 5.74) is 6.11. The molecule has 0 radical (unpaired) electrons. The molecule has 2 bridgehead atoms. The number of nitrogens with zero attached hydrogens (tertiary/aromatic N) is 4. The van der Waals surface area contributed by atoms with Crippen LogP contribution in [0.25, 0.3) is 22.2 Å². The van der Waals surface area contributed by atoms with Crippen molar-refractivity contribution in [3.63, 3.8) is 0 Å². The fourth-order valence-electron chi connectivity index (χ4n) is 5.50. The maximum absolute atomic E-state index is 13.7. The van der Waals surface area contributed by atoms with Crippen LogP contribution in [0.5, 0.6) is 0 Å². The predicted molar refractivity (Wildman–Crippen MR) is 126 cm³/mol. The first-order valence-corrected chi connectivity index (χ1v) is 11.5. The number of hydrogen-bond donors (Lipinski definition) is 0. The second-order valence-corrected chi connectivity index (χ2v) is 9.21. The predicted octanol–water partition coefficient (Wildman–Crippen LogP) is 5.58. The van der Waals surface area contributed by atoms with Crippen LogP contribution in [-0.4, -0.2) is 31.6 Å². The Labute approximate surface area is 191 Å². The van der Waals surface area contributed by atoms with E-state index in [4.69, 9.17) is 16.7 Å². The summed E-state index contributed by atoms with van der Waals surface area (Å²) in [7, 11) is 1.99. The first-order chi connectivity index (χ1) is 15.6. The van der Waals surface area contributed by atoms with Crippen LogP contribution < -0.4 is 0 Å². The van der Waals surface area contributed by atoms with Crippen LogP contribution in [0.2, 0.25) is 5.02 Å². The highest BCUT2D eigenvalue weighted by atomic mass is 35.5. The summed E-state index contributed by atoms with van der Waals surface area (Å²) >= 11 is 6.28. The fourth-order valence-corrected chi connectivity index (χ4v) is 5.69. The minimum atomic E-state index is 0.00808. The number of aryl methyl sites for hydroxylation is 1. The summed E-state index contributed by atoms with van der Waals surface area (Å²) in [4.78, 5) is 20.2. The van der Waals surface area contributed by atoms with Crippen LogP contribution in [0.4, 0.5) is 0 Å². The lowest BCUT2D eigenvalue weighted by molar-refractivity contribution is 0.0392. The third kappa shape index (κ3) is 3.03. The summed E-state index contributed by atoms with van der Waals surface area (Å²) < 4.78 is 1.96. The fraction of sp³-hybridized carbons (Fsp3) is 0.269. The molecule has 0 saturated carbocycles. The second-order valence-electron chi connectivity index (χ2n) is 8.77. The summed E-state index contributed by atoms with van der Waals surface area (Å²) in [6.07, 6.45) is 5.67. The second kappa shape index (κ2) is 7.45. The molecule has 2 aromatic heterocycles. The van der Waals surface area contributed by atoms with Crippen LogP contribution in [0, 0.1) is 0 Å². The molecular formula is C26H23ClN4O. The van der Waals surface area contributed by atoms with Gasteiger partial charge in [-0.25, -0.2) is 0 Å². The number of hydrogen-bond acceptors (Lipinski definition) is 3. The monoisotopic (exact) mass is 442 g/mol. The molecule has 5 nitrogen and oxygen atoms in total. The first kappa shape index (κ1) is 19.5. The van der Waals surface area contributed by atoms with E-state index in [1.165, 1.54) is 5.56 Å². The van der Waals surface area contributed by atoms with Gasteiger partial charge < -0.3 is 4.90 Å². The van der Waals surface area contributed by atoms with Crippen LogP contribution >= 0.6 is 11.6 Å². The SMILES string of the molecule is Cn1nc2c(c1-c1cccc(Cl)c1)C[C@H]1CCC[C@@H]2N1C(=O)c1ccc2ncccc2c1. The van der Waals surface area contributed by atoms with Crippen molar-refractivity contribution in [1.82, 2.24) is 19.7 Å². The average Bonchev–Trinajstić information content (AvgIpc) is 3.13. The molecule has 2 atom stereocenters. The van der Waals surface area contributed by atoms with E-state index in [0.29, 0.717) is 0 Å². The van der Waals surface area contributed by atoms with Crippen molar-refractivity contribution in [2.75, 3.05) is 0 Å². The molecule has 1 amide bonds. The van der Waals surface area contributed by atoms with Crippen molar-refractivity contribution in [3.8, 4) is 11.3 Å². The van der Waals surface area contributed by atoms with E-state index in [1.807, 2.05) is 60.3 Å². The minimum Gasteiger partial charge on any atom is -0.327 e. The lowest BCUT2D eigenvalue weighted by Gasteiger charge is -2.45. The largest absolute Gasteiger partial charge is 0.327 e. The van der Waals surface area contributed by atoms with Crippen molar-refractivity contribution in [1.29, 1.82) is 0 Å². The standard InChI is InChI=1S/C26H23ClN4O/c1-30-25(17-5-2-7-19(27)14-17)21-15-20-8-3-9-23(24(21)29-30)31(20)26(32)18-10-11-22-16(13-18)6-4-12-28-22/h2,4-7,10-14,20,23H,3,8-9,15H2,1H3/t20-,23+/m1/s1. The Morgan fingerprint density at radius 2 is 2.00 bits per heavy atom. The van der Waals surface area contributed by atoms with Gasteiger partial charge in [-0.1, -0.05) is 29.8 Å². The van der Waals surface area contributed by atoms with E-state index in [9.17, 15) is 4.79 Å². The lowest BCUT2D eigenvalue weighted by atomic mass is 9.81. The van der Waals surface area contributed by atoms with E-state index in [1.54, 1.807) is 6.20 Å². The van der Waals surface area contributed by atoms with Crippen molar-refractivity contribution < 1.29 is 4.79 Å². The van der Waals surface area contributed by atoms with Gasteiger partial charge in [-0.05, 0) is 62.1 Å². The smallest absolute Gasteiger partial charge is 0.254 e. The molecule has 1 saturated heterocycles. The molecule has 0 spiro atoms. The molecule has 2 aliphatic heterocycles. The maximum atomic E-state index is 13.7. The molecular weight excluding hydrogens is 420 g/mol. The van der Waals surface area contributed by atoms with Crippen molar-refractivity contribution in [2.45, 2.75) is 37.8 Å². The summed E-state index contributed by atoms with van der Waals surface area (Å²) in [6, 6.07) is 17.8. The topological polar surface area (TPSA) is 51.0 Å². The van der Waals surface area contributed by atoms with Gasteiger partial charge in [-0.15, -0.1) is 0 Å². The minimum absolute atomic E-state index is 0.00808. The number of pyridine rings is 1. The highest BCUT2D eigenvalue weighted by Crippen LogP contribution is 2.45. The zero-order chi connectivity index (χ0) is 21.8. The van der Waals surface area contributed by atoms with Gasteiger partial charge >= 0.3 is 0 Å². The zero-order valence-corrected chi connectivity index (χ0v) is 18.6. The van der Waals surface area contributed by atoms with Gasteiger partial charge in [0.1, 0.15) is 0 Å². The number of carbonyl (C=O) groups excluding carboxylic acids is 1. The summed E-state index contributed by atoms with van der Waals surface area (Å²) in [5, 5.41) is 6.63. The molecule has 4 heterocycles. The van der Waals surface area contributed by atoms with Gasteiger partial charge in [0, 0.05) is 46.4 Å². The molecule has 2 aliphatic rings. The van der Waals surface area contributed by atoms with Crippen molar-refractivity contribution in [2.24, 2.45) is 7.05 Å². The van der Waals surface area contributed by atoms with Crippen LogP contribution in [0.3, 0.4) is 0 Å². The van der Waals surface area contributed by atoms with Gasteiger partial charge in [-0.2, -0.15) is 5.10 Å². The maximum Gasteiger partial charge on any atom is 0.254 e. The highest BCUT2D eigenvalue weighted by Gasteiger charge is 2.43. The zero-order valence-electron chi connectivity index (χ0n) is 17.8. The highest BCUT2D eigenvalue weighted by molar-refractivity contribution is 6.30. The molecule has 0 unspecified atom stereocenters. The number of halogens is 1. The number of amides is 1. The lowest BCUT2D eigenvalue weighted by Crippen LogP contribution is -2.49. The van der Waals surface area contributed by atoms with E-state index in [-0.39, 0.29) is 18.0 Å².